The quantitative estimate of drug-likeness (QED) is 0.435. The summed E-state index contributed by atoms with van der Waals surface area (Å²) in [6.07, 6.45) is 7.26. The van der Waals surface area contributed by atoms with Crippen LogP contribution in [0.5, 0.6) is 0 Å². The summed E-state index contributed by atoms with van der Waals surface area (Å²) in [7, 11) is 0. The minimum atomic E-state index is -0.591. The normalized spacial score (nSPS) is 15.8. The number of nitrogens with zero attached hydrogens (tertiary/aromatic N) is 4. The summed E-state index contributed by atoms with van der Waals surface area (Å²) in [6.45, 7) is 3.59. The maximum atomic E-state index is 15.1. The smallest absolute Gasteiger partial charge is 0.259 e. The highest BCUT2D eigenvalue weighted by Gasteiger charge is 2.28. The molecule has 1 atom stereocenters. The number of amides is 1. The maximum Gasteiger partial charge on any atom is 0.259 e. The van der Waals surface area contributed by atoms with Crippen LogP contribution in [0.1, 0.15) is 41.7 Å². The fourth-order valence-electron chi connectivity index (χ4n) is 4.60. The molecule has 0 spiro atoms. The minimum absolute atomic E-state index is 0.0336. The fourth-order valence-corrected chi connectivity index (χ4v) is 4.60. The third-order valence-corrected chi connectivity index (χ3v) is 6.21. The number of nitrogens with one attached hydrogen (secondary N) is 1. The third kappa shape index (κ3) is 4.16. The molecule has 1 aliphatic rings. The molecule has 0 saturated carbocycles. The van der Waals surface area contributed by atoms with Crippen LogP contribution in [-0.2, 0) is 0 Å². The summed E-state index contributed by atoms with van der Waals surface area (Å²) in [4.78, 5) is 23.3. The molecule has 1 amide bonds. The van der Waals surface area contributed by atoms with Crippen LogP contribution in [0, 0.1) is 17.7 Å². The molecule has 4 heterocycles. The van der Waals surface area contributed by atoms with Crippen molar-refractivity contribution in [1.82, 2.24) is 19.3 Å². The van der Waals surface area contributed by atoms with E-state index in [-0.39, 0.29) is 11.6 Å². The Morgan fingerprint density at radius 3 is 2.91 bits per heavy atom. The molecule has 3 aromatic heterocycles. The number of hydrogen-bond acceptors (Lipinski definition) is 4. The van der Waals surface area contributed by atoms with E-state index < -0.39 is 11.7 Å². The Morgan fingerprint density at radius 2 is 2.12 bits per heavy atom. The highest BCUT2D eigenvalue weighted by molar-refractivity contribution is 6.04. The van der Waals surface area contributed by atoms with Crippen LogP contribution in [0.4, 0.5) is 10.2 Å². The predicted molar refractivity (Wildman–Crippen MR) is 130 cm³/mol. The zero-order valence-corrected chi connectivity index (χ0v) is 18.8. The van der Waals surface area contributed by atoms with Gasteiger partial charge in [-0.15, -0.1) is 5.92 Å². The first kappa shape index (κ1) is 21.8. The molecule has 1 N–H and O–H groups in total. The molecule has 0 radical (unpaired) electrons. The summed E-state index contributed by atoms with van der Waals surface area (Å²) < 4.78 is 17.1. The van der Waals surface area contributed by atoms with E-state index in [1.807, 2.05) is 17.4 Å². The molecule has 5 rings (SSSR count). The van der Waals surface area contributed by atoms with Crippen molar-refractivity contribution in [2.45, 2.75) is 25.8 Å². The SMILES string of the molecule is CC#CCN1CCCC1c1cc(-c2ccc(C(=O)Nc3ccccn3)c(F)c2)n2cnccc12. The lowest BCUT2D eigenvalue weighted by Gasteiger charge is -2.21. The van der Waals surface area contributed by atoms with Crippen molar-refractivity contribution in [3.05, 3.63) is 84.2 Å². The third-order valence-electron chi connectivity index (χ3n) is 6.21. The number of carbonyl (C=O) groups excluding carboxylic acids is 1. The molecular formula is C27H24FN5O. The lowest BCUT2D eigenvalue weighted by Crippen LogP contribution is -2.23. The molecule has 170 valence electrons. The van der Waals surface area contributed by atoms with Gasteiger partial charge in [0.1, 0.15) is 11.6 Å². The largest absolute Gasteiger partial charge is 0.306 e. The van der Waals surface area contributed by atoms with Gasteiger partial charge in [-0.3, -0.25) is 9.69 Å². The van der Waals surface area contributed by atoms with Gasteiger partial charge in [0.2, 0.25) is 0 Å². The first-order valence-electron chi connectivity index (χ1n) is 11.3. The first-order valence-corrected chi connectivity index (χ1v) is 11.3. The molecule has 1 unspecified atom stereocenters. The maximum absolute atomic E-state index is 15.1. The highest BCUT2D eigenvalue weighted by Crippen LogP contribution is 2.38. The van der Waals surface area contributed by atoms with Crippen LogP contribution >= 0.6 is 0 Å². The number of fused-ring (bicyclic) bond motifs is 1. The van der Waals surface area contributed by atoms with Gasteiger partial charge >= 0.3 is 0 Å². The van der Waals surface area contributed by atoms with Crippen molar-refractivity contribution in [2.24, 2.45) is 0 Å². The van der Waals surface area contributed by atoms with E-state index in [1.54, 1.807) is 43.0 Å². The molecule has 1 aliphatic heterocycles. The molecule has 4 aromatic rings. The van der Waals surface area contributed by atoms with Gasteiger partial charge < -0.3 is 9.72 Å². The lowest BCUT2D eigenvalue weighted by atomic mass is 10.0. The van der Waals surface area contributed by atoms with Gasteiger partial charge in [-0.2, -0.15) is 0 Å². The zero-order chi connectivity index (χ0) is 23.5. The second kappa shape index (κ2) is 9.46. The number of carbonyl (C=O) groups is 1. The summed E-state index contributed by atoms with van der Waals surface area (Å²) in [5.74, 6) is 5.41. The van der Waals surface area contributed by atoms with Crippen LogP contribution in [0.3, 0.4) is 0 Å². The van der Waals surface area contributed by atoms with Gasteiger partial charge in [0, 0.05) is 24.0 Å². The number of pyridine rings is 1. The van der Waals surface area contributed by atoms with E-state index in [2.05, 4.69) is 38.1 Å². The van der Waals surface area contributed by atoms with Gasteiger partial charge in [0.15, 0.2) is 0 Å². The standard InChI is InChI=1S/C27H24FN5O/c1-2-3-14-32-15-6-7-23(32)21-17-25(33-18-29-13-11-24(21)33)19-9-10-20(22(28)16-19)27(34)31-26-8-4-5-12-30-26/h4-5,8-13,16-18,23H,6-7,14-15H2,1H3,(H,30,31,34). The molecule has 6 nitrogen and oxygen atoms in total. The Labute approximate surface area is 197 Å². The second-order valence-electron chi connectivity index (χ2n) is 8.24. The van der Waals surface area contributed by atoms with E-state index in [4.69, 9.17) is 0 Å². The van der Waals surface area contributed by atoms with Gasteiger partial charge in [-0.1, -0.05) is 18.1 Å². The molecule has 1 fully saturated rings. The van der Waals surface area contributed by atoms with Gasteiger partial charge in [0.25, 0.3) is 5.91 Å². The summed E-state index contributed by atoms with van der Waals surface area (Å²) in [5, 5.41) is 2.63. The van der Waals surface area contributed by atoms with Crippen molar-refractivity contribution in [3.63, 3.8) is 0 Å². The van der Waals surface area contributed by atoms with Gasteiger partial charge in [-0.05, 0) is 68.3 Å². The minimum Gasteiger partial charge on any atom is -0.306 e. The average Bonchev–Trinajstić information content (AvgIpc) is 3.47. The van der Waals surface area contributed by atoms with Gasteiger partial charge in [0.05, 0.1) is 29.6 Å². The summed E-state index contributed by atoms with van der Waals surface area (Å²) >= 11 is 0. The number of rotatable bonds is 5. The second-order valence-corrected chi connectivity index (χ2v) is 8.24. The van der Waals surface area contributed by atoms with Crippen molar-refractivity contribution in [1.29, 1.82) is 0 Å². The molecule has 1 aromatic carbocycles. The van der Waals surface area contributed by atoms with E-state index in [9.17, 15) is 4.79 Å². The van der Waals surface area contributed by atoms with E-state index in [0.29, 0.717) is 11.4 Å². The topological polar surface area (TPSA) is 62.5 Å². The Bertz CT molecular complexity index is 1400. The number of anilines is 1. The number of likely N-dealkylation sites (tertiary alicyclic amines) is 1. The Kier molecular flexibility index (Phi) is 6.07. The van der Waals surface area contributed by atoms with Crippen LogP contribution < -0.4 is 5.32 Å². The Hall–Kier alpha value is -4.02. The van der Waals surface area contributed by atoms with Crippen LogP contribution in [0.2, 0.25) is 0 Å². The number of hydrogen-bond donors (Lipinski definition) is 1. The van der Waals surface area contributed by atoms with Crippen LogP contribution in [0.25, 0.3) is 16.8 Å². The van der Waals surface area contributed by atoms with E-state index in [1.165, 1.54) is 17.7 Å². The summed E-state index contributed by atoms with van der Waals surface area (Å²) in [5.41, 5.74) is 3.71. The predicted octanol–water partition coefficient (Wildman–Crippen LogP) is 4.95. The molecule has 34 heavy (non-hydrogen) atoms. The number of aromatic nitrogens is 3. The summed E-state index contributed by atoms with van der Waals surface area (Å²) in [6, 6.07) is 14.2. The number of benzene rings is 1. The van der Waals surface area contributed by atoms with Crippen LogP contribution in [0.15, 0.2) is 67.3 Å². The Morgan fingerprint density at radius 1 is 1.21 bits per heavy atom. The van der Waals surface area contributed by atoms with Crippen molar-refractivity contribution in [3.8, 4) is 23.1 Å². The highest BCUT2D eigenvalue weighted by atomic mass is 19.1. The molecule has 0 aliphatic carbocycles. The van der Waals surface area contributed by atoms with E-state index in [0.717, 1.165) is 37.1 Å². The molecule has 0 bridgehead atoms. The average molecular weight is 454 g/mol. The van der Waals surface area contributed by atoms with Crippen molar-refractivity contribution < 1.29 is 9.18 Å². The lowest BCUT2D eigenvalue weighted by molar-refractivity contribution is 0.102. The first-order chi connectivity index (χ1) is 16.7. The van der Waals surface area contributed by atoms with E-state index >= 15 is 4.39 Å². The molecule has 1 saturated heterocycles. The zero-order valence-electron chi connectivity index (χ0n) is 18.8. The number of halogens is 1. The molecular weight excluding hydrogens is 429 g/mol. The van der Waals surface area contributed by atoms with Crippen molar-refractivity contribution >= 4 is 17.2 Å². The fraction of sp³-hybridized carbons (Fsp3) is 0.222. The van der Waals surface area contributed by atoms with Gasteiger partial charge in [-0.25, -0.2) is 14.4 Å². The molecule has 7 heteroatoms. The monoisotopic (exact) mass is 453 g/mol. The Balaban J connectivity index is 1.49. The van der Waals surface area contributed by atoms with Crippen molar-refractivity contribution in [2.75, 3.05) is 18.4 Å². The van der Waals surface area contributed by atoms with Crippen LogP contribution in [-0.4, -0.2) is 38.3 Å².